The second-order valence-corrected chi connectivity index (χ2v) is 7.39. The first-order chi connectivity index (χ1) is 15.0. The minimum Gasteiger partial charge on any atom is -0.496 e. The van der Waals surface area contributed by atoms with Gasteiger partial charge in [-0.3, -0.25) is 9.48 Å². The maximum atomic E-state index is 12.3. The highest BCUT2D eigenvalue weighted by atomic mass is 35.5. The van der Waals surface area contributed by atoms with Crippen LogP contribution in [0.25, 0.3) is 6.08 Å². The fourth-order valence-electron chi connectivity index (χ4n) is 3.12. The summed E-state index contributed by atoms with van der Waals surface area (Å²) in [5.41, 5.74) is 3.68. The molecule has 7 heteroatoms. The second kappa shape index (κ2) is 10.7. The standard InChI is InChI=1S/C24H26ClN3O3/c1-4-28-22(21(25)14-27-28)15-26-24(29)11-9-18-8-10-23(30-3)19(13-18)16-31-20-7-5-6-17(2)12-20/h5-14H,4,15-16H2,1-3H3,(H,26,29)/b11-9+. The summed E-state index contributed by atoms with van der Waals surface area (Å²) in [6.45, 7) is 5.35. The molecule has 162 valence electrons. The molecule has 0 aliphatic carbocycles. The Morgan fingerprint density at radius 2 is 2.10 bits per heavy atom. The van der Waals surface area contributed by atoms with E-state index < -0.39 is 0 Å². The average molecular weight is 440 g/mol. The molecule has 1 heterocycles. The van der Waals surface area contributed by atoms with Crippen LogP contribution < -0.4 is 14.8 Å². The summed E-state index contributed by atoms with van der Waals surface area (Å²) in [5, 5.41) is 7.55. The molecule has 0 saturated heterocycles. The highest BCUT2D eigenvalue weighted by Crippen LogP contribution is 2.23. The van der Waals surface area contributed by atoms with Gasteiger partial charge in [0.15, 0.2) is 0 Å². The zero-order chi connectivity index (χ0) is 22.2. The van der Waals surface area contributed by atoms with Gasteiger partial charge in [-0.15, -0.1) is 0 Å². The number of carbonyl (C=O) groups excluding carboxylic acids is 1. The maximum absolute atomic E-state index is 12.3. The molecule has 0 radical (unpaired) electrons. The van der Waals surface area contributed by atoms with E-state index in [-0.39, 0.29) is 5.91 Å². The van der Waals surface area contributed by atoms with Gasteiger partial charge in [-0.25, -0.2) is 0 Å². The highest BCUT2D eigenvalue weighted by molar-refractivity contribution is 6.31. The van der Waals surface area contributed by atoms with Crippen LogP contribution in [-0.4, -0.2) is 22.8 Å². The van der Waals surface area contributed by atoms with Gasteiger partial charge in [-0.05, 0) is 55.3 Å². The van der Waals surface area contributed by atoms with Gasteiger partial charge < -0.3 is 14.8 Å². The van der Waals surface area contributed by atoms with Crippen molar-refractivity contribution in [2.24, 2.45) is 0 Å². The third-order valence-corrected chi connectivity index (χ3v) is 5.06. The first-order valence-electron chi connectivity index (χ1n) is 10.0. The molecule has 3 rings (SSSR count). The van der Waals surface area contributed by atoms with Crippen molar-refractivity contribution in [3.05, 3.63) is 82.1 Å². The lowest BCUT2D eigenvalue weighted by molar-refractivity contribution is -0.116. The number of ether oxygens (including phenoxy) is 2. The smallest absolute Gasteiger partial charge is 0.244 e. The molecule has 0 bridgehead atoms. The lowest BCUT2D eigenvalue weighted by atomic mass is 10.1. The van der Waals surface area contributed by atoms with Crippen molar-refractivity contribution in [2.75, 3.05) is 7.11 Å². The monoisotopic (exact) mass is 439 g/mol. The fraction of sp³-hybridized carbons (Fsp3) is 0.250. The largest absolute Gasteiger partial charge is 0.496 e. The maximum Gasteiger partial charge on any atom is 0.244 e. The molecule has 1 aromatic heterocycles. The summed E-state index contributed by atoms with van der Waals surface area (Å²) >= 11 is 6.13. The predicted octanol–water partition coefficient (Wildman–Crippen LogP) is 4.78. The number of aryl methyl sites for hydroxylation is 2. The van der Waals surface area contributed by atoms with Gasteiger partial charge in [0.25, 0.3) is 0 Å². The van der Waals surface area contributed by atoms with Crippen molar-refractivity contribution in [1.29, 1.82) is 0 Å². The number of rotatable bonds is 9. The van der Waals surface area contributed by atoms with Crippen LogP contribution in [-0.2, 0) is 24.5 Å². The van der Waals surface area contributed by atoms with Crippen LogP contribution in [0.2, 0.25) is 5.02 Å². The predicted molar refractivity (Wildman–Crippen MR) is 122 cm³/mol. The summed E-state index contributed by atoms with van der Waals surface area (Å²) in [4.78, 5) is 12.3. The number of nitrogens with zero attached hydrogens (tertiary/aromatic N) is 2. The van der Waals surface area contributed by atoms with Gasteiger partial charge in [-0.2, -0.15) is 5.10 Å². The Bertz CT molecular complexity index is 1080. The van der Waals surface area contributed by atoms with Crippen LogP contribution in [0, 0.1) is 6.92 Å². The number of carbonyl (C=O) groups is 1. The lowest BCUT2D eigenvalue weighted by Gasteiger charge is -2.11. The summed E-state index contributed by atoms with van der Waals surface area (Å²) < 4.78 is 13.1. The first-order valence-corrected chi connectivity index (χ1v) is 10.4. The molecule has 1 amide bonds. The van der Waals surface area contributed by atoms with E-state index in [0.29, 0.717) is 24.7 Å². The number of aromatic nitrogens is 2. The molecule has 0 aliphatic heterocycles. The molecular formula is C24H26ClN3O3. The quantitative estimate of drug-likeness (QED) is 0.487. The highest BCUT2D eigenvalue weighted by Gasteiger charge is 2.09. The van der Waals surface area contributed by atoms with Crippen molar-refractivity contribution in [3.63, 3.8) is 0 Å². The Morgan fingerprint density at radius 3 is 2.84 bits per heavy atom. The van der Waals surface area contributed by atoms with Crippen LogP contribution in [0.5, 0.6) is 11.5 Å². The van der Waals surface area contributed by atoms with E-state index in [2.05, 4.69) is 10.4 Å². The number of methoxy groups -OCH3 is 1. The number of hydrogen-bond acceptors (Lipinski definition) is 4. The minimum atomic E-state index is -0.215. The molecule has 3 aromatic rings. The molecule has 0 spiro atoms. The number of benzene rings is 2. The van der Waals surface area contributed by atoms with Crippen LogP contribution >= 0.6 is 11.6 Å². The van der Waals surface area contributed by atoms with E-state index in [1.54, 1.807) is 24.1 Å². The van der Waals surface area contributed by atoms with Crippen molar-refractivity contribution >= 4 is 23.6 Å². The van der Waals surface area contributed by atoms with E-state index in [9.17, 15) is 4.79 Å². The minimum absolute atomic E-state index is 0.215. The lowest BCUT2D eigenvalue weighted by Crippen LogP contribution is -2.22. The van der Waals surface area contributed by atoms with E-state index >= 15 is 0 Å². The third-order valence-electron chi connectivity index (χ3n) is 4.74. The van der Waals surface area contributed by atoms with Crippen molar-refractivity contribution in [2.45, 2.75) is 33.5 Å². The van der Waals surface area contributed by atoms with E-state index in [0.717, 1.165) is 33.9 Å². The van der Waals surface area contributed by atoms with Gasteiger partial charge in [-0.1, -0.05) is 29.8 Å². The number of halogens is 1. The molecule has 0 saturated carbocycles. The van der Waals surface area contributed by atoms with Gasteiger partial charge in [0.2, 0.25) is 5.91 Å². The topological polar surface area (TPSA) is 65.4 Å². The number of amides is 1. The molecule has 31 heavy (non-hydrogen) atoms. The normalized spacial score (nSPS) is 11.0. The van der Waals surface area contributed by atoms with Gasteiger partial charge in [0.05, 0.1) is 30.6 Å². The molecule has 0 atom stereocenters. The van der Waals surface area contributed by atoms with Crippen molar-refractivity contribution < 1.29 is 14.3 Å². The van der Waals surface area contributed by atoms with Gasteiger partial charge in [0.1, 0.15) is 18.1 Å². The van der Waals surface area contributed by atoms with Crippen LogP contribution in [0.3, 0.4) is 0 Å². The second-order valence-electron chi connectivity index (χ2n) is 6.98. The first kappa shape index (κ1) is 22.4. The summed E-state index contributed by atoms with van der Waals surface area (Å²) in [5.74, 6) is 1.32. The summed E-state index contributed by atoms with van der Waals surface area (Å²) in [6, 6.07) is 13.6. The van der Waals surface area contributed by atoms with E-state index in [1.807, 2.05) is 56.3 Å². The Kier molecular flexibility index (Phi) is 7.73. The number of nitrogens with one attached hydrogen (secondary N) is 1. The zero-order valence-electron chi connectivity index (χ0n) is 17.9. The Hall–Kier alpha value is -3.25. The Balaban J connectivity index is 1.63. The van der Waals surface area contributed by atoms with Gasteiger partial charge in [0, 0.05) is 18.2 Å². The summed E-state index contributed by atoms with van der Waals surface area (Å²) in [7, 11) is 1.63. The SMILES string of the molecule is CCn1ncc(Cl)c1CNC(=O)/C=C/c1ccc(OC)c(COc2cccc(C)c2)c1. The molecule has 6 nitrogen and oxygen atoms in total. The molecular weight excluding hydrogens is 414 g/mol. The fourth-order valence-corrected chi connectivity index (χ4v) is 3.33. The molecule has 0 fully saturated rings. The van der Waals surface area contributed by atoms with Crippen LogP contribution in [0.1, 0.15) is 29.3 Å². The molecule has 0 unspecified atom stereocenters. The van der Waals surface area contributed by atoms with E-state index in [1.165, 1.54) is 6.08 Å². The molecule has 2 aromatic carbocycles. The molecule has 1 N–H and O–H groups in total. The Labute approximate surface area is 187 Å². The van der Waals surface area contributed by atoms with Gasteiger partial charge >= 0.3 is 0 Å². The zero-order valence-corrected chi connectivity index (χ0v) is 18.6. The number of hydrogen-bond donors (Lipinski definition) is 1. The summed E-state index contributed by atoms with van der Waals surface area (Å²) in [6.07, 6.45) is 4.83. The van der Waals surface area contributed by atoms with Crippen molar-refractivity contribution in [1.82, 2.24) is 15.1 Å². The van der Waals surface area contributed by atoms with Crippen molar-refractivity contribution in [3.8, 4) is 11.5 Å². The van der Waals surface area contributed by atoms with Crippen LogP contribution in [0.15, 0.2) is 54.7 Å². The van der Waals surface area contributed by atoms with E-state index in [4.69, 9.17) is 21.1 Å². The molecule has 0 aliphatic rings. The average Bonchev–Trinajstić information content (AvgIpc) is 3.14. The van der Waals surface area contributed by atoms with Crippen LogP contribution in [0.4, 0.5) is 0 Å². The Morgan fingerprint density at radius 1 is 1.26 bits per heavy atom. The third kappa shape index (κ3) is 6.12.